The summed E-state index contributed by atoms with van der Waals surface area (Å²) in [7, 11) is 0. The van der Waals surface area contributed by atoms with Crippen LogP contribution in [0.1, 0.15) is 33.6 Å². The molecule has 1 heteroatoms. The van der Waals surface area contributed by atoms with Gasteiger partial charge in [0.2, 0.25) is 0 Å². The molecule has 0 radical (unpaired) electrons. The number of rotatable bonds is 6. The van der Waals surface area contributed by atoms with Gasteiger partial charge in [-0.2, -0.15) is 0 Å². The topological polar surface area (TPSA) is 9.23 Å². The predicted octanol–water partition coefficient (Wildman–Crippen LogP) is 3.84. The molecule has 0 aliphatic carbocycles. The Bertz CT molecular complexity index is 199. The summed E-state index contributed by atoms with van der Waals surface area (Å²) in [6.45, 7) is 10.8. The van der Waals surface area contributed by atoms with Crippen LogP contribution in [0, 0.1) is 0 Å². The summed E-state index contributed by atoms with van der Waals surface area (Å²) in [5.74, 6) is 0.745. The zero-order valence-corrected chi connectivity index (χ0v) is 8.97. The molecule has 0 fully saturated rings. The molecule has 0 spiro atoms. The van der Waals surface area contributed by atoms with Gasteiger partial charge < -0.3 is 4.74 Å². The van der Waals surface area contributed by atoms with Gasteiger partial charge in [-0.25, -0.2) is 0 Å². The van der Waals surface area contributed by atoms with E-state index < -0.39 is 0 Å². The minimum Gasteiger partial charge on any atom is -0.494 e. The molecule has 0 saturated carbocycles. The summed E-state index contributed by atoms with van der Waals surface area (Å²) in [5, 5.41) is 0. The summed E-state index contributed by atoms with van der Waals surface area (Å²) in [5.41, 5.74) is 1.22. The Labute approximate surface area is 81.8 Å². The van der Waals surface area contributed by atoms with Crippen LogP contribution in [0.25, 0.3) is 0 Å². The minimum absolute atomic E-state index is 0.745. The first kappa shape index (κ1) is 12.0. The zero-order chi connectivity index (χ0) is 10.1. The fraction of sp³-hybridized carbons (Fsp3) is 0.500. The molecule has 0 amide bonds. The molecule has 0 saturated heterocycles. The van der Waals surface area contributed by atoms with E-state index in [0.29, 0.717) is 0 Å². The maximum absolute atomic E-state index is 5.37. The molecule has 74 valence electrons. The normalized spacial score (nSPS) is 12.1. The molecule has 0 aromatic heterocycles. The van der Waals surface area contributed by atoms with Crippen molar-refractivity contribution in [2.45, 2.75) is 33.6 Å². The first-order valence-electron chi connectivity index (χ1n) is 4.83. The summed E-state index contributed by atoms with van der Waals surface area (Å²) < 4.78 is 5.37. The molecular weight excluding hydrogens is 160 g/mol. The number of hydrogen-bond donors (Lipinski definition) is 0. The van der Waals surface area contributed by atoms with E-state index in [1.165, 1.54) is 5.57 Å². The summed E-state index contributed by atoms with van der Waals surface area (Å²) >= 11 is 0. The van der Waals surface area contributed by atoms with Gasteiger partial charge in [0, 0.05) is 0 Å². The molecule has 0 unspecified atom stereocenters. The van der Waals surface area contributed by atoms with Crippen molar-refractivity contribution in [1.82, 2.24) is 0 Å². The number of ether oxygens (including phenoxy) is 1. The largest absolute Gasteiger partial charge is 0.494 e. The number of unbranched alkanes of at least 4 members (excludes halogenated alkanes) is 1. The van der Waals surface area contributed by atoms with Gasteiger partial charge in [0.25, 0.3) is 0 Å². The minimum atomic E-state index is 0.745. The van der Waals surface area contributed by atoms with E-state index in [-0.39, 0.29) is 0 Å². The van der Waals surface area contributed by atoms with Crippen molar-refractivity contribution < 1.29 is 4.74 Å². The van der Waals surface area contributed by atoms with Crippen molar-refractivity contribution in [3.63, 3.8) is 0 Å². The lowest BCUT2D eigenvalue weighted by Crippen LogP contribution is -1.90. The molecule has 0 aromatic carbocycles. The molecule has 0 N–H and O–H groups in total. The highest BCUT2D eigenvalue weighted by Gasteiger charge is 1.88. The fourth-order valence-electron chi connectivity index (χ4n) is 0.716. The molecular formula is C12H20O. The fourth-order valence-corrected chi connectivity index (χ4v) is 0.716. The van der Waals surface area contributed by atoms with Crippen LogP contribution in [-0.4, -0.2) is 6.61 Å². The summed E-state index contributed by atoms with van der Waals surface area (Å²) in [4.78, 5) is 0. The van der Waals surface area contributed by atoms with Gasteiger partial charge >= 0.3 is 0 Å². The third kappa shape index (κ3) is 7.38. The lowest BCUT2D eigenvalue weighted by molar-refractivity contribution is 0.221. The van der Waals surface area contributed by atoms with Crippen LogP contribution >= 0.6 is 0 Å². The van der Waals surface area contributed by atoms with Crippen molar-refractivity contribution >= 4 is 0 Å². The average molecular weight is 180 g/mol. The molecule has 0 atom stereocenters. The molecule has 13 heavy (non-hydrogen) atoms. The third-order valence-electron chi connectivity index (χ3n) is 1.77. The van der Waals surface area contributed by atoms with E-state index >= 15 is 0 Å². The lowest BCUT2D eigenvalue weighted by atomic mass is 10.2. The SMILES string of the molecule is C=C(/C=C\C(C)=C/C)OCCCC. The van der Waals surface area contributed by atoms with Gasteiger partial charge in [-0.15, -0.1) is 0 Å². The van der Waals surface area contributed by atoms with Crippen LogP contribution in [0.15, 0.2) is 36.1 Å². The van der Waals surface area contributed by atoms with E-state index in [1.54, 1.807) is 0 Å². The Balaban J connectivity index is 3.68. The molecule has 0 rings (SSSR count). The van der Waals surface area contributed by atoms with Crippen molar-refractivity contribution in [1.29, 1.82) is 0 Å². The van der Waals surface area contributed by atoms with E-state index in [4.69, 9.17) is 4.74 Å². The second-order valence-electron chi connectivity index (χ2n) is 3.03. The second kappa shape index (κ2) is 7.66. The highest BCUT2D eigenvalue weighted by Crippen LogP contribution is 2.02. The van der Waals surface area contributed by atoms with E-state index in [1.807, 2.05) is 19.1 Å². The van der Waals surface area contributed by atoms with Gasteiger partial charge in [-0.3, -0.25) is 0 Å². The van der Waals surface area contributed by atoms with E-state index in [9.17, 15) is 0 Å². The van der Waals surface area contributed by atoms with Gasteiger partial charge in [0.05, 0.1) is 6.61 Å². The number of allylic oxidation sites excluding steroid dienone is 4. The predicted molar refractivity (Wildman–Crippen MR) is 58.6 cm³/mol. The van der Waals surface area contributed by atoms with E-state index in [2.05, 4.69) is 26.5 Å². The Morgan fingerprint density at radius 3 is 2.62 bits per heavy atom. The smallest absolute Gasteiger partial charge is 0.112 e. The molecule has 0 heterocycles. The highest BCUT2D eigenvalue weighted by atomic mass is 16.5. The van der Waals surface area contributed by atoms with Crippen LogP contribution in [0.4, 0.5) is 0 Å². The van der Waals surface area contributed by atoms with Crippen LogP contribution in [0.3, 0.4) is 0 Å². The Morgan fingerprint density at radius 1 is 1.38 bits per heavy atom. The third-order valence-corrected chi connectivity index (χ3v) is 1.77. The van der Waals surface area contributed by atoms with Crippen LogP contribution in [0.2, 0.25) is 0 Å². The van der Waals surface area contributed by atoms with E-state index in [0.717, 1.165) is 25.2 Å². The Hall–Kier alpha value is -0.980. The highest BCUT2D eigenvalue weighted by molar-refractivity contribution is 5.21. The van der Waals surface area contributed by atoms with Gasteiger partial charge in [0.1, 0.15) is 5.76 Å². The summed E-state index contributed by atoms with van der Waals surface area (Å²) in [6, 6.07) is 0. The first-order chi connectivity index (χ1) is 6.20. The molecule has 0 aromatic rings. The Kier molecular flexibility index (Phi) is 7.08. The quantitative estimate of drug-likeness (QED) is 0.343. The lowest BCUT2D eigenvalue weighted by Gasteiger charge is -2.03. The monoisotopic (exact) mass is 180 g/mol. The summed E-state index contributed by atoms with van der Waals surface area (Å²) in [6.07, 6.45) is 8.22. The van der Waals surface area contributed by atoms with Crippen LogP contribution in [-0.2, 0) is 4.74 Å². The first-order valence-corrected chi connectivity index (χ1v) is 4.83. The molecule has 0 aliphatic heterocycles. The van der Waals surface area contributed by atoms with Crippen molar-refractivity contribution in [3.8, 4) is 0 Å². The van der Waals surface area contributed by atoms with Crippen LogP contribution in [0.5, 0.6) is 0 Å². The van der Waals surface area contributed by atoms with Gasteiger partial charge in [-0.05, 0) is 26.3 Å². The number of hydrogen-bond acceptors (Lipinski definition) is 1. The van der Waals surface area contributed by atoms with Crippen molar-refractivity contribution in [2.75, 3.05) is 6.61 Å². The van der Waals surface area contributed by atoms with Crippen LogP contribution < -0.4 is 0 Å². The van der Waals surface area contributed by atoms with Gasteiger partial charge in [-0.1, -0.05) is 37.6 Å². The molecule has 0 aliphatic rings. The zero-order valence-electron chi connectivity index (χ0n) is 8.97. The van der Waals surface area contributed by atoms with Crippen molar-refractivity contribution in [2.24, 2.45) is 0 Å². The Morgan fingerprint density at radius 2 is 2.08 bits per heavy atom. The maximum atomic E-state index is 5.37. The van der Waals surface area contributed by atoms with Gasteiger partial charge in [0.15, 0.2) is 0 Å². The molecule has 1 nitrogen and oxygen atoms in total. The maximum Gasteiger partial charge on any atom is 0.112 e. The second-order valence-corrected chi connectivity index (χ2v) is 3.03. The standard InChI is InChI=1S/C12H20O/c1-5-7-10-13-12(4)9-8-11(3)6-2/h6,8-9H,4-5,7,10H2,1-3H3/b9-8-,11-6-. The molecule has 0 bridgehead atoms. The average Bonchev–Trinajstić information content (AvgIpc) is 2.14. The van der Waals surface area contributed by atoms with Crippen molar-refractivity contribution in [3.05, 3.63) is 36.1 Å².